The zero-order valence-electron chi connectivity index (χ0n) is 7.95. The number of hydrogen-bond donors (Lipinski definition) is 1. The Morgan fingerprint density at radius 3 is 2.64 bits per heavy atom. The SMILES string of the molecule is CNC(CS(C)(=O)=O)c1sccc1Br. The Balaban J connectivity index is 2.89. The van der Waals surface area contributed by atoms with Gasteiger partial charge in [-0.25, -0.2) is 8.42 Å². The summed E-state index contributed by atoms with van der Waals surface area (Å²) in [5.74, 6) is 0.128. The molecule has 0 aliphatic carbocycles. The third kappa shape index (κ3) is 3.34. The summed E-state index contributed by atoms with van der Waals surface area (Å²) in [5, 5.41) is 4.94. The van der Waals surface area contributed by atoms with Gasteiger partial charge in [0.15, 0.2) is 0 Å². The first-order valence-electron chi connectivity index (χ1n) is 4.02. The van der Waals surface area contributed by atoms with Gasteiger partial charge in [-0.15, -0.1) is 11.3 Å². The molecule has 1 aromatic rings. The molecule has 0 aromatic carbocycles. The fourth-order valence-electron chi connectivity index (χ4n) is 1.15. The van der Waals surface area contributed by atoms with E-state index < -0.39 is 9.84 Å². The monoisotopic (exact) mass is 297 g/mol. The van der Waals surface area contributed by atoms with E-state index in [9.17, 15) is 8.42 Å². The second-order valence-corrected chi connectivity index (χ2v) is 7.05. The number of sulfone groups is 1. The summed E-state index contributed by atoms with van der Waals surface area (Å²) in [5.41, 5.74) is 0. The summed E-state index contributed by atoms with van der Waals surface area (Å²) in [6.45, 7) is 0. The first-order valence-corrected chi connectivity index (χ1v) is 7.75. The molecule has 3 nitrogen and oxygen atoms in total. The van der Waals surface area contributed by atoms with Crippen LogP contribution in [0.1, 0.15) is 10.9 Å². The van der Waals surface area contributed by atoms with Gasteiger partial charge in [-0.05, 0) is 34.4 Å². The van der Waals surface area contributed by atoms with Crippen LogP contribution in [0.4, 0.5) is 0 Å². The van der Waals surface area contributed by atoms with Crippen molar-refractivity contribution in [3.63, 3.8) is 0 Å². The predicted molar refractivity (Wildman–Crippen MR) is 63.5 cm³/mol. The Kier molecular flexibility index (Phi) is 4.12. The van der Waals surface area contributed by atoms with E-state index in [0.29, 0.717) is 0 Å². The lowest BCUT2D eigenvalue weighted by Crippen LogP contribution is -2.24. The van der Waals surface area contributed by atoms with Crippen LogP contribution in [0.25, 0.3) is 0 Å². The Hall–Kier alpha value is 0.0900. The average molecular weight is 298 g/mol. The van der Waals surface area contributed by atoms with Crippen LogP contribution in [0.2, 0.25) is 0 Å². The molecule has 1 heterocycles. The zero-order valence-corrected chi connectivity index (χ0v) is 11.2. The molecule has 0 aliphatic rings. The molecule has 0 amide bonds. The molecular formula is C8H12BrNO2S2. The maximum absolute atomic E-state index is 11.2. The van der Waals surface area contributed by atoms with Crippen LogP contribution in [0.15, 0.2) is 15.9 Å². The van der Waals surface area contributed by atoms with E-state index >= 15 is 0 Å². The lowest BCUT2D eigenvalue weighted by atomic mass is 10.3. The van der Waals surface area contributed by atoms with Crippen molar-refractivity contribution in [2.24, 2.45) is 0 Å². The van der Waals surface area contributed by atoms with E-state index in [-0.39, 0.29) is 11.8 Å². The normalized spacial score (nSPS) is 14.2. The van der Waals surface area contributed by atoms with Gasteiger partial charge in [0.05, 0.1) is 11.8 Å². The minimum atomic E-state index is -2.95. The van der Waals surface area contributed by atoms with Crippen molar-refractivity contribution < 1.29 is 8.42 Å². The Morgan fingerprint density at radius 2 is 2.29 bits per heavy atom. The maximum Gasteiger partial charge on any atom is 0.149 e. The fraction of sp³-hybridized carbons (Fsp3) is 0.500. The molecule has 0 bridgehead atoms. The van der Waals surface area contributed by atoms with Crippen molar-refractivity contribution in [2.45, 2.75) is 6.04 Å². The number of nitrogens with one attached hydrogen (secondary N) is 1. The first-order chi connectivity index (χ1) is 6.44. The smallest absolute Gasteiger partial charge is 0.149 e. The van der Waals surface area contributed by atoms with Gasteiger partial charge < -0.3 is 5.32 Å². The van der Waals surface area contributed by atoms with Gasteiger partial charge in [0.25, 0.3) is 0 Å². The van der Waals surface area contributed by atoms with Gasteiger partial charge >= 0.3 is 0 Å². The molecule has 1 rings (SSSR count). The molecular weight excluding hydrogens is 286 g/mol. The lowest BCUT2D eigenvalue weighted by Gasteiger charge is -2.13. The minimum Gasteiger partial charge on any atom is -0.311 e. The first kappa shape index (κ1) is 12.2. The highest BCUT2D eigenvalue weighted by atomic mass is 79.9. The lowest BCUT2D eigenvalue weighted by molar-refractivity contribution is 0.581. The second-order valence-electron chi connectivity index (χ2n) is 3.07. The zero-order chi connectivity index (χ0) is 10.8. The fourth-order valence-corrected chi connectivity index (χ4v) is 3.95. The van der Waals surface area contributed by atoms with Crippen molar-refractivity contribution in [1.29, 1.82) is 0 Å². The summed E-state index contributed by atoms with van der Waals surface area (Å²) < 4.78 is 23.3. The molecule has 1 aromatic heterocycles. The standard InChI is InChI=1S/C8H12BrNO2S2/c1-10-7(5-14(2,11)12)8-6(9)3-4-13-8/h3-4,7,10H,5H2,1-2H3. The molecule has 1 atom stereocenters. The predicted octanol–water partition coefficient (Wildman–Crippen LogP) is 1.82. The average Bonchev–Trinajstić information content (AvgIpc) is 2.45. The van der Waals surface area contributed by atoms with Crippen molar-refractivity contribution in [3.05, 3.63) is 20.8 Å². The third-order valence-electron chi connectivity index (χ3n) is 1.78. The molecule has 1 unspecified atom stereocenters. The molecule has 0 saturated heterocycles. The number of rotatable bonds is 4. The van der Waals surface area contributed by atoms with E-state index in [0.717, 1.165) is 9.35 Å². The minimum absolute atomic E-state index is 0.126. The van der Waals surface area contributed by atoms with Gasteiger partial charge in [-0.1, -0.05) is 0 Å². The molecule has 0 aliphatic heterocycles. The molecule has 14 heavy (non-hydrogen) atoms. The molecule has 0 saturated carbocycles. The number of hydrogen-bond acceptors (Lipinski definition) is 4. The van der Waals surface area contributed by atoms with E-state index in [1.165, 1.54) is 6.26 Å². The Morgan fingerprint density at radius 1 is 1.64 bits per heavy atom. The highest BCUT2D eigenvalue weighted by molar-refractivity contribution is 9.10. The topological polar surface area (TPSA) is 46.2 Å². The van der Waals surface area contributed by atoms with Crippen molar-refractivity contribution in [1.82, 2.24) is 5.32 Å². The van der Waals surface area contributed by atoms with E-state index in [1.54, 1.807) is 18.4 Å². The summed E-state index contributed by atoms with van der Waals surface area (Å²) in [6.07, 6.45) is 1.25. The van der Waals surface area contributed by atoms with Crippen LogP contribution in [-0.4, -0.2) is 27.5 Å². The van der Waals surface area contributed by atoms with Gasteiger partial charge in [0.1, 0.15) is 9.84 Å². The third-order valence-corrected chi connectivity index (χ3v) is 4.70. The van der Waals surface area contributed by atoms with Crippen molar-refractivity contribution >= 4 is 37.1 Å². The van der Waals surface area contributed by atoms with E-state index in [4.69, 9.17) is 0 Å². The maximum atomic E-state index is 11.2. The summed E-state index contributed by atoms with van der Waals surface area (Å²) >= 11 is 4.94. The molecule has 80 valence electrons. The highest BCUT2D eigenvalue weighted by Crippen LogP contribution is 2.29. The highest BCUT2D eigenvalue weighted by Gasteiger charge is 2.18. The van der Waals surface area contributed by atoms with Gasteiger partial charge in [0, 0.05) is 15.6 Å². The van der Waals surface area contributed by atoms with Crippen LogP contribution in [0.3, 0.4) is 0 Å². The Bertz CT molecular complexity index is 399. The van der Waals surface area contributed by atoms with Crippen LogP contribution >= 0.6 is 27.3 Å². The number of halogens is 1. The summed E-state index contributed by atoms with van der Waals surface area (Å²) in [4.78, 5) is 1.03. The largest absolute Gasteiger partial charge is 0.311 e. The van der Waals surface area contributed by atoms with Crippen LogP contribution < -0.4 is 5.32 Å². The van der Waals surface area contributed by atoms with Gasteiger partial charge in [-0.2, -0.15) is 0 Å². The van der Waals surface area contributed by atoms with Gasteiger partial charge in [0.2, 0.25) is 0 Å². The quantitative estimate of drug-likeness (QED) is 0.922. The van der Waals surface area contributed by atoms with E-state index in [2.05, 4.69) is 21.2 Å². The molecule has 0 fully saturated rings. The van der Waals surface area contributed by atoms with Gasteiger partial charge in [-0.3, -0.25) is 0 Å². The van der Waals surface area contributed by atoms with Crippen LogP contribution in [0, 0.1) is 0 Å². The summed E-state index contributed by atoms with van der Waals surface area (Å²) in [7, 11) is -1.19. The molecule has 0 radical (unpaired) electrons. The Labute approximate surface area is 96.6 Å². The molecule has 0 spiro atoms. The van der Waals surface area contributed by atoms with Crippen molar-refractivity contribution in [2.75, 3.05) is 19.1 Å². The number of thiophene rings is 1. The summed E-state index contributed by atoms with van der Waals surface area (Å²) in [6, 6.07) is 1.80. The van der Waals surface area contributed by atoms with E-state index in [1.807, 2.05) is 11.4 Å². The molecule has 6 heteroatoms. The van der Waals surface area contributed by atoms with Crippen molar-refractivity contribution in [3.8, 4) is 0 Å². The molecule has 1 N–H and O–H groups in total. The second kappa shape index (κ2) is 4.74. The van der Waals surface area contributed by atoms with Crippen LogP contribution in [0.5, 0.6) is 0 Å². The van der Waals surface area contributed by atoms with Crippen LogP contribution in [-0.2, 0) is 9.84 Å².